The summed E-state index contributed by atoms with van der Waals surface area (Å²) >= 11 is 6.04. The van der Waals surface area contributed by atoms with Gasteiger partial charge in [0.25, 0.3) is 5.91 Å². The Labute approximate surface area is 202 Å². The van der Waals surface area contributed by atoms with Crippen molar-refractivity contribution in [2.45, 2.75) is 25.8 Å². The molecule has 2 amide bonds. The number of rotatable bonds is 5. The summed E-state index contributed by atoms with van der Waals surface area (Å²) < 4.78 is 8.38. The van der Waals surface area contributed by atoms with Gasteiger partial charge in [-0.05, 0) is 64.1 Å². The number of fused-ring (bicyclic) bond motifs is 1. The maximum atomic E-state index is 13.1. The maximum Gasteiger partial charge on any atom is 0.270 e. The normalized spacial score (nSPS) is 19.0. The molecule has 0 spiro atoms. The summed E-state index contributed by atoms with van der Waals surface area (Å²) in [6.45, 7) is 7.72. The zero-order chi connectivity index (χ0) is 22.8. The van der Waals surface area contributed by atoms with Crippen molar-refractivity contribution < 1.29 is 11.0 Å². The highest BCUT2D eigenvalue weighted by Gasteiger charge is 2.29. The molecule has 4 rings (SSSR count). The van der Waals surface area contributed by atoms with Crippen LogP contribution in [0.5, 0.6) is 0 Å². The van der Waals surface area contributed by atoms with Gasteiger partial charge in [-0.15, -0.1) is 12.4 Å². The van der Waals surface area contributed by atoms with Crippen molar-refractivity contribution in [2.24, 2.45) is 0 Å². The van der Waals surface area contributed by atoms with Gasteiger partial charge in [-0.3, -0.25) is 14.5 Å². The molecule has 2 aliphatic rings. The molecule has 0 radical (unpaired) electrons. The minimum Gasteiger partial charge on any atom is -0.351 e. The Kier molecular flexibility index (Phi) is 7.94. The standard InChI is InChI=1S/C23H32ClN5O2.ClH/c1-3-27(23(31)21-15-17-14-18(24)4-5-20(17)25-21)16-22(30)29-12-10-28(11-13-29)19-6-8-26(2)9-7-19;/h4-5,14-15,19,25H,3,6-13,16H2,1-2H3;1H/i15D;. The zero-order valence-corrected chi connectivity index (χ0v) is 20.3. The largest absolute Gasteiger partial charge is 0.351 e. The highest BCUT2D eigenvalue weighted by molar-refractivity contribution is 6.31. The van der Waals surface area contributed by atoms with Gasteiger partial charge in [-0.1, -0.05) is 11.6 Å². The van der Waals surface area contributed by atoms with Gasteiger partial charge < -0.3 is 19.7 Å². The van der Waals surface area contributed by atoms with Crippen molar-refractivity contribution >= 4 is 46.7 Å². The van der Waals surface area contributed by atoms with E-state index in [1.165, 1.54) is 17.7 Å². The number of hydrogen-bond donors (Lipinski definition) is 1. The van der Waals surface area contributed by atoms with Crippen LogP contribution in [0.25, 0.3) is 10.9 Å². The van der Waals surface area contributed by atoms with Crippen LogP contribution in [0.2, 0.25) is 5.02 Å². The fourth-order valence-corrected chi connectivity index (χ4v) is 4.75. The summed E-state index contributed by atoms with van der Waals surface area (Å²) in [5.74, 6) is -0.364. The molecule has 0 saturated carbocycles. The van der Waals surface area contributed by atoms with E-state index in [-0.39, 0.29) is 42.5 Å². The van der Waals surface area contributed by atoms with E-state index in [4.69, 9.17) is 13.0 Å². The average molecular weight is 483 g/mol. The maximum absolute atomic E-state index is 13.1. The van der Waals surface area contributed by atoms with Crippen LogP contribution in [0, 0.1) is 0 Å². The third-order valence-electron chi connectivity index (χ3n) is 6.58. The predicted octanol–water partition coefficient (Wildman–Crippen LogP) is 2.94. The molecule has 9 heteroatoms. The minimum atomic E-state index is -0.330. The molecule has 1 aromatic heterocycles. The van der Waals surface area contributed by atoms with Crippen LogP contribution in [0.15, 0.2) is 24.2 Å². The van der Waals surface area contributed by atoms with Crippen molar-refractivity contribution in [3.8, 4) is 0 Å². The Balaban J connectivity index is 0.00000306. The number of piperidine rings is 1. The molecule has 0 aliphatic carbocycles. The van der Waals surface area contributed by atoms with Gasteiger partial charge in [0, 0.05) is 54.7 Å². The SMILES string of the molecule is Cl.[2H]c1c(C(=O)N(CC)CC(=O)N2CCN(C3CCN(C)CC3)CC2)[nH]c2ccc(Cl)cc12. The molecule has 32 heavy (non-hydrogen) atoms. The van der Waals surface area contributed by atoms with Gasteiger partial charge >= 0.3 is 0 Å². The number of benzene rings is 1. The van der Waals surface area contributed by atoms with Crippen molar-refractivity contribution in [3.05, 3.63) is 35.0 Å². The predicted molar refractivity (Wildman–Crippen MR) is 131 cm³/mol. The first-order valence-electron chi connectivity index (χ1n) is 11.6. The van der Waals surface area contributed by atoms with Crippen LogP contribution in [0.4, 0.5) is 0 Å². The van der Waals surface area contributed by atoms with Gasteiger partial charge in [-0.25, -0.2) is 0 Å². The molecule has 0 atom stereocenters. The number of halogens is 2. The number of aromatic amines is 1. The fraction of sp³-hybridized carbons (Fsp3) is 0.565. The first-order valence-corrected chi connectivity index (χ1v) is 11.5. The first kappa shape index (κ1) is 23.4. The Morgan fingerprint density at radius 3 is 2.53 bits per heavy atom. The molecule has 176 valence electrons. The lowest BCUT2D eigenvalue weighted by Gasteiger charge is -2.42. The zero-order valence-electron chi connectivity index (χ0n) is 19.8. The number of nitrogens with zero attached hydrogens (tertiary/aromatic N) is 4. The lowest BCUT2D eigenvalue weighted by atomic mass is 10.0. The monoisotopic (exact) mass is 482 g/mol. The van der Waals surface area contributed by atoms with Crippen LogP contribution < -0.4 is 0 Å². The molecule has 3 heterocycles. The molecule has 2 aromatic rings. The van der Waals surface area contributed by atoms with Crippen molar-refractivity contribution in [1.29, 1.82) is 0 Å². The number of carbonyl (C=O) groups excluding carboxylic acids is 2. The number of carbonyl (C=O) groups is 2. The smallest absolute Gasteiger partial charge is 0.270 e. The summed E-state index contributed by atoms with van der Waals surface area (Å²) in [7, 11) is 2.17. The lowest BCUT2D eigenvalue weighted by Crippen LogP contribution is -2.55. The Hall–Kier alpha value is -1.80. The van der Waals surface area contributed by atoms with E-state index < -0.39 is 0 Å². The molecule has 7 nitrogen and oxygen atoms in total. The van der Waals surface area contributed by atoms with Gasteiger partial charge in [-0.2, -0.15) is 0 Å². The van der Waals surface area contributed by atoms with Gasteiger partial charge in [0.2, 0.25) is 5.91 Å². The Morgan fingerprint density at radius 1 is 1.19 bits per heavy atom. The molecule has 1 aromatic carbocycles. The summed E-state index contributed by atoms with van der Waals surface area (Å²) in [5.41, 5.74) is 0.888. The summed E-state index contributed by atoms with van der Waals surface area (Å²) in [4.78, 5) is 37.4. The minimum absolute atomic E-state index is 0. The summed E-state index contributed by atoms with van der Waals surface area (Å²) in [6.07, 6.45) is 2.38. The molecule has 2 fully saturated rings. The topological polar surface area (TPSA) is 62.9 Å². The van der Waals surface area contributed by atoms with Crippen molar-refractivity contribution in [2.75, 3.05) is 59.4 Å². The van der Waals surface area contributed by atoms with E-state index >= 15 is 0 Å². The molecule has 0 unspecified atom stereocenters. The van der Waals surface area contributed by atoms with Crippen LogP contribution in [-0.4, -0.2) is 102 Å². The highest BCUT2D eigenvalue weighted by atomic mass is 35.5. The van der Waals surface area contributed by atoms with Crippen LogP contribution in [0.1, 0.15) is 31.6 Å². The Bertz CT molecular complexity index is 985. The molecular formula is C23H33Cl2N5O2. The molecule has 2 aliphatic heterocycles. The molecule has 1 N–H and O–H groups in total. The summed E-state index contributed by atoms with van der Waals surface area (Å²) in [5, 5.41) is 1.12. The second-order valence-electron chi connectivity index (χ2n) is 8.59. The molecule has 0 bridgehead atoms. The summed E-state index contributed by atoms with van der Waals surface area (Å²) in [6, 6.07) is 5.89. The van der Waals surface area contributed by atoms with E-state index in [0.29, 0.717) is 41.6 Å². The third kappa shape index (κ3) is 5.57. The average Bonchev–Trinajstić information content (AvgIpc) is 3.13. The van der Waals surface area contributed by atoms with Crippen LogP contribution in [0.3, 0.4) is 0 Å². The van der Waals surface area contributed by atoms with E-state index in [2.05, 4.69) is 21.8 Å². The number of H-pyrrole nitrogens is 1. The quantitative estimate of drug-likeness (QED) is 0.711. The first-order chi connectivity index (χ1) is 15.4. The lowest BCUT2D eigenvalue weighted by molar-refractivity contribution is -0.134. The van der Waals surface area contributed by atoms with Gasteiger partial charge in [0.05, 0.1) is 1.37 Å². The van der Waals surface area contributed by atoms with Gasteiger partial charge in [0.1, 0.15) is 12.2 Å². The molecule has 2 saturated heterocycles. The number of likely N-dealkylation sites (tertiary alicyclic amines) is 1. The number of piperazine rings is 1. The third-order valence-corrected chi connectivity index (χ3v) is 6.82. The van der Waals surface area contributed by atoms with E-state index in [0.717, 1.165) is 26.2 Å². The number of likely N-dealkylation sites (N-methyl/N-ethyl adjacent to an activating group) is 1. The van der Waals surface area contributed by atoms with Crippen LogP contribution in [-0.2, 0) is 4.79 Å². The number of nitrogens with one attached hydrogen (secondary N) is 1. The highest BCUT2D eigenvalue weighted by Crippen LogP contribution is 2.21. The second-order valence-corrected chi connectivity index (χ2v) is 9.02. The number of amides is 2. The molecular weight excluding hydrogens is 449 g/mol. The van der Waals surface area contributed by atoms with Gasteiger partial charge in [0.15, 0.2) is 0 Å². The van der Waals surface area contributed by atoms with Crippen molar-refractivity contribution in [1.82, 2.24) is 24.6 Å². The fourth-order valence-electron chi connectivity index (χ4n) is 4.58. The Morgan fingerprint density at radius 2 is 1.88 bits per heavy atom. The second kappa shape index (κ2) is 10.9. The van der Waals surface area contributed by atoms with Crippen molar-refractivity contribution in [3.63, 3.8) is 0 Å². The van der Waals surface area contributed by atoms with E-state index in [1.807, 2.05) is 11.8 Å². The van der Waals surface area contributed by atoms with E-state index in [9.17, 15) is 9.59 Å². The van der Waals surface area contributed by atoms with E-state index in [1.54, 1.807) is 18.2 Å². The number of aromatic nitrogens is 1. The number of hydrogen-bond acceptors (Lipinski definition) is 4. The van der Waals surface area contributed by atoms with Crippen LogP contribution >= 0.6 is 24.0 Å².